The first-order chi connectivity index (χ1) is 2.80. The van der Waals surface area contributed by atoms with Crippen LogP contribution in [0.1, 0.15) is 6.42 Å². The van der Waals surface area contributed by atoms with Crippen molar-refractivity contribution in [3.05, 3.63) is 7.43 Å². The number of likely N-dealkylation sites (tertiary alicyclic amines) is 1. The van der Waals surface area contributed by atoms with Crippen LogP contribution in [0.15, 0.2) is 0 Å². The number of rotatable bonds is 0. The Kier molecular flexibility index (Phi) is 5.62. The summed E-state index contributed by atoms with van der Waals surface area (Å²) in [6.07, 6.45) is 0.760. The summed E-state index contributed by atoms with van der Waals surface area (Å²) in [5.74, 6) is 0.273. The number of nitrogens with zero attached hydrogens (tertiary/aromatic N) is 1. The van der Waals surface area contributed by atoms with E-state index in [1.807, 2.05) is 7.05 Å². The second-order valence-corrected chi connectivity index (χ2v) is 1.57. The van der Waals surface area contributed by atoms with Gasteiger partial charge in [0.2, 0.25) is 5.91 Å². The number of amides is 1. The number of β-lactam (4-membered cyclic amide) rings is 1. The maximum Gasteiger partial charge on any atom is 0.224 e. The number of carbonyl (C=O) groups excluding carboxylic acids is 1. The average molecular weight is 284 g/mol. The first kappa shape index (κ1) is 11.0. The molecule has 0 bridgehead atoms. The van der Waals surface area contributed by atoms with Gasteiger partial charge in [-0.3, -0.25) is 4.79 Å². The molecule has 1 amide bonds. The van der Waals surface area contributed by atoms with Crippen molar-refractivity contribution in [1.82, 2.24) is 4.90 Å². The van der Waals surface area contributed by atoms with Gasteiger partial charge in [0.1, 0.15) is 0 Å². The molecule has 1 aliphatic heterocycles. The van der Waals surface area contributed by atoms with Crippen LogP contribution in [0.4, 0.5) is 0 Å². The summed E-state index contributed by atoms with van der Waals surface area (Å²) in [6, 6.07) is 0. The molecular weight excluding hydrogens is 274 g/mol. The Hall–Kier alpha value is 0.158. The minimum absolute atomic E-state index is 0. The van der Waals surface area contributed by atoms with Gasteiger partial charge in [-0.05, 0) is 0 Å². The van der Waals surface area contributed by atoms with E-state index < -0.39 is 0 Å². The molecule has 1 aliphatic rings. The van der Waals surface area contributed by atoms with E-state index >= 15 is 0 Å². The Bertz CT molecular complexity index is 84.5. The standard InChI is InChI=1S/C4H7NO.CH3.W/c1-5-3-2-4(5)6;;/h2-3H2,1H3;1H3;/q;-1;. The van der Waals surface area contributed by atoms with Crippen LogP contribution < -0.4 is 0 Å². The van der Waals surface area contributed by atoms with Gasteiger partial charge >= 0.3 is 0 Å². The van der Waals surface area contributed by atoms with Crippen LogP contribution in [0.3, 0.4) is 0 Å². The number of hydrogen-bond acceptors (Lipinski definition) is 1. The predicted molar refractivity (Wildman–Crippen MR) is 28.7 cm³/mol. The molecule has 0 unspecified atom stereocenters. The molecule has 0 aromatic rings. The summed E-state index contributed by atoms with van der Waals surface area (Å²) >= 11 is 0. The van der Waals surface area contributed by atoms with Gasteiger partial charge in [0, 0.05) is 41.1 Å². The van der Waals surface area contributed by atoms with Crippen molar-refractivity contribution in [3.63, 3.8) is 0 Å². The van der Waals surface area contributed by atoms with Crippen molar-refractivity contribution in [1.29, 1.82) is 0 Å². The zero-order chi connectivity index (χ0) is 4.57. The average Bonchev–Trinajstić information content (AvgIpc) is 1.61. The molecule has 0 atom stereocenters. The van der Waals surface area contributed by atoms with Gasteiger partial charge in [-0.1, -0.05) is 0 Å². The first-order valence-electron chi connectivity index (χ1n) is 2.04. The fourth-order valence-corrected chi connectivity index (χ4v) is 0.427. The van der Waals surface area contributed by atoms with Gasteiger partial charge in [-0.15, -0.1) is 0 Å². The van der Waals surface area contributed by atoms with E-state index in [1.54, 1.807) is 4.90 Å². The summed E-state index contributed by atoms with van der Waals surface area (Å²) in [4.78, 5) is 11.9. The van der Waals surface area contributed by atoms with Crippen LogP contribution in [0.5, 0.6) is 0 Å². The van der Waals surface area contributed by atoms with E-state index in [-0.39, 0.29) is 34.4 Å². The molecule has 2 nitrogen and oxygen atoms in total. The zero-order valence-corrected chi connectivity index (χ0v) is 8.11. The van der Waals surface area contributed by atoms with E-state index in [0.717, 1.165) is 13.0 Å². The van der Waals surface area contributed by atoms with Crippen molar-refractivity contribution in [2.24, 2.45) is 0 Å². The maximum absolute atomic E-state index is 10.2. The first-order valence-corrected chi connectivity index (χ1v) is 2.04. The van der Waals surface area contributed by atoms with E-state index in [4.69, 9.17) is 0 Å². The molecule has 0 radical (unpaired) electrons. The molecule has 0 spiro atoms. The molecule has 0 aromatic carbocycles. The minimum atomic E-state index is 0. The Morgan fingerprint density at radius 3 is 2.00 bits per heavy atom. The summed E-state index contributed by atoms with van der Waals surface area (Å²) in [7, 11) is 1.81. The zero-order valence-electron chi connectivity index (χ0n) is 5.18. The Labute approximate surface area is 64.5 Å². The van der Waals surface area contributed by atoms with Gasteiger partial charge in [-0.2, -0.15) is 0 Å². The summed E-state index contributed by atoms with van der Waals surface area (Å²) in [6.45, 7) is 0.957. The quantitative estimate of drug-likeness (QED) is 0.463. The van der Waals surface area contributed by atoms with Gasteiger partial charge < -0.3 is 12.3 Å². The molecule has 0 N–H and O–H groups in total. The van der Waals surface area contributed by atoms with Crippen molar-refractivity contribution in [2.45, 2.75) is 6.42 Å². The topological polar surface area (TPSA) is 20.3 Å². The third kappa shape index (κ3) is 1.95. The monoisotopic (exact) mass is 284 g/mol. The van der Waals surface area contributed by atoms with Crippen LogP contribution in [-0.4, -0.2) is 24.4 Å². The fraction of sp³-hybridized carbons (Fsp3) is 0.600. The van der Waals surface area contributed by atoms with Crippen LogP contribution in [0, 0.1) is 7.43 Å². The molecule has 8 heavy (non-hydrogen) atoms. The van der Waals surface area contributed by atoms with Crippen molar-refractivity contribution < 1.29 is 25.9 Å². The molecular formula is C5H10NOW-. The second kappa shape index (κ2) is 4.08. The fourth-order valence-electron chi connectivity index (χ4n) is 0.427. The van der Waals surface area contributed by atoms with Crippen molar-refractivity contribution in [3.8, 4) is 0 Å². The molecule has 1 fully saturated rings. The Morgan fingerprint density at radius 2 is 2.00 bits per heavy atom. The van der Waals surface area contributed by atoms with Crippen LogP contribution in [-0.2, 0) is 25.9 Å². The second-order valence-electron chi connectivity index (χ2n) is 1.57. The Morgan fingerprint density at radius 1 is 1.62 bits per heavy atom. The normalized spacial score (nSPS) is 15.6. The van der Waals surface area contributed by atoms with Gasteiger partial charge in [0.25, 0.3) is 0 Å². The predicted octanol–water partition coefficient (Wildman–Crippen LogP) is 0.296. The molecule has 0 saturated carbocycles. The molecule has 3 heteroatoms. The maximum atomic E-state index is 10.2. The third-order valence-corrected chi connectivity index (χ3v) is 1.09. The van der Waals surface area contributed by atoms with E-state index in [1.165, 1.54) is 0 Å². The van der Waals surface area contributed by atoms with Crippen LogP contribution in [0.2, 0.25) is 0 Å². The van der Waals surface area contributed by atoms with Crippen molar-refractivity contribution in [2.75, 3.05) is 13.6 Å². The van der Waals surface area contributed by atoms with Gasteiger partial charge in [0.15, 0.2) is 0 Å². The summed E-state index contributed by atoms with van der Waals surface area (Å²) in [5, 5.41) is 0. The molecule has 0 aliphatic carbocycles. The molecule has 48 valence electrons. The molecule has 1 heterocycles. The van der Waals surface area contributed by atoms with E-state index in [9.17, 15) is 4.79 Å². The van der Waals surface area contributed by atoms with Crippen LogP contribution in [0.25, 0.3) is 0 Å². The SMILES string of the molecule is CN1CCC1=O.[CH3-].[W]. The van der Waals surface area contributed by atoms with E-state index in [0.29, 0.717) is 0 Å². The molecule has 0 aromatic heterocycles. The minimum Gasteiger partial charge on any atom is -0.358 e. The number of carbonyl (C=O) groups is 1. The Balaban J connectivity index is 0. The molecule has 1 rings (SSSR count). The largest absolute Gasteiger partial charge is 0.358 e. The third-order valence-electron chi connectivity index (χ3n) is 1.09. The summed E-state index contributed by atoms with van der Waals surface area (Å²) < 4.78 is 0. The van der Waals surface area contributed by atoms with E-state index in [2.05, 4.69) is 0 Å². The van der Waals surface area contributed by atoms with Crippen molar-refractivity contribution >= 4 is 5.91 Å². The summed E-state index contributed by atoms with van der Waals surface area (Å²) in [5.41, 5.74) is 0. The number of hydrogen-bond donors (Lipinski definition) is 0. The van der Waals surface area contributed by atoms with Crippen LogP contribution >= 0.6 is 0 Å². The van der Waals surface area contributed by atoms with Gasteiger partial charge in [-0.25, -0.2) is 0 Å². The smallest absolute Gasteiger partial charge is 0.224 e. The van der Waals surface area contributed by atoms with Gasteiger partial charge in [0.05, 0.1) is 0 Å². The molecule has 1 saturated heterocycles.